The Morgan fingerprint density at radius 1 is 0.471 bits per heavy atom. The number of hydrogen-bond acceptors (Lipinski definition) is 3. The van der Waals surface area contributed by atoms with E-state index in [2.05, 4.69) is 111 Å². The van der Waals surface area contributed by atoms with Gasteiger partial charge in [0.1, 0.15) is 5.82 Å². The van der Waals surface area contributed by atoms with E-state index in [0.717, 1.165) is 11.5 Å². The summed E-state index contributed by atoms with van der Waals surface area (Å²) in [7, 11) is 0. The molecule has 0 atom stereocenters. The van der Waals surface area contributed by atoms with Gasteiger partial charge in [0.05, 0.1) is 0 Å². The van der Waals surface area contributed by atoms with Gasteiger partial charge in [0.2, 0.25) is 0 Å². The van der Waals surface area contributed by atoms with Crippen molar-refractivity contribution >= 4 is 16.8 Å². The predicted molar refractivity (Wildman–Crippen MR) is 160 cm³/mol. The van der Waals surface area contributed by atoms with Gasteiger partial charge in [0, 0.05) is 61.8 Å². The van der Waals surface area contributed by atoms with Gasteiger partial charge in [-0.25, -0.2) is 9.97 Å². The summed E-state index contributed by atoms with van der Waals surface area (Å²) in [6, 6.07) is 8.31. The highest BCUT2D eigenvalue weighted by Gasteiger charge is 2.22. The molecule has 0 aliphatic rings. The van der Waals surface area contributed by atoms with Gasteiger partial charge < -0.3 is 0 Å². The molecule has 0 saturated carbocycles. The van der Waals surface area contributed by atoms with Crippen molar-refractivity contribution in [2.75, 3.05) is 0 Å². The van der Waals surface area contributed by atoms with Crippen LogP contribution in [0.3, 0.4) is 0 Å². The van der Waals surface area contributed by atoms with Crippen LogP contribution in [0, 0.1) is 0 Å². The molecule has 2 aromatic heterocycles. The second-order valence-corrected chi connectivity index (χ2v) is 11.7. The summed E-state index contributed by atoms with van der Waals surface area (Å²) in [4.78, 5) is 13.6. The first-order valence-corrected chi connectivity index (χ1v) is 10.2. The van der Waals surface area contributed by atoms with Crippen molar-refractivity contribution in [2.45, 2.75) is 134 Å². The Bertz CT molecular complexity index is 649. The third kappa shape index (κ3) is 14.6. The fraction of sp³-hybridized carbons (Fsp3) is 0.690. The van der Waals surface area contributed by atoms with Crippen LogP contribution in [0.25, 0.3) is 0 Å². The standard InChI is InChI=1S/C13H21N.C12H20N2.4CH4.2B/c1-12(2,3)10-8-7-9-11(14-10)13(4,5)6;1-11(2,3)9-7-8-13-10(14-9)12(4,5)6;;;;;;/h7-9H,1-6H3;7-8H,1-6H3;4*1H4;;. The highest BCUT2D eigenvalue weighted by atomic mass is 14.9. The monoisotopic (exact) mass is 469 g/mol. The molecule has 3 nitrogen and oxygen atoms in total. The van der Waals surface area contributed by atoms with Gasteiger partial charge in [-0.1, -0.05) is 119 Å². The highest BCUT2D eigenvalue weighted by molar-refractivity contribution is 5.76. The quantitative estimate of drug-likeness (QED) is 0.363. The summed E-state index contributed by atoms with van der Waals surface area (Å²) in [6.45, 7) is 26.1. The highest BCUT2D eigenvalue weighted by Crippen LogP contribution is 2.25. The molecule has 0 bridgehead atoms. The number of pyridine rings is 1. The van der Waals surface area contributed by atoms with Crippen LogP contribution in [0.2, 0.25) is 0 Å². The largest absolute Gasteiger partial charge is 0.257 e. The number of hydrogen-bond donors (Lipinski definition) is 0. The first kappa shape index (κ1) is 45.8. The molecule has 0 N–H and O–H groups in total. The first-order valence-electron chi connectivity index (χ1n) is 10.2. The molecule has 34 heavy (non-hydrogen) atoms. The summed E-state index contributed by atoms with van der Waals surface area (Å²) >= 11 is 0. The number of aromatic nitrogens is 3. The topological polar surface area (TPSA) is 38.7 Å². The SMILES string of the molecule is C.C.C.C.CC(C)(C)c1cccc(C(C)(C)C)n1.CC(C)(C)c1ccnc(C(C)(C)C)n1.[B].[B]. The summed E-state index contributed by atoms with van der Waals surface area (Å²) in [5, 5.41) is 0. The van der Waals surface area contributed by atoms with Gasteiger partial charge in [-0.3, -0.25) is 4.98 Å². The first-order chi connectivity index (χ1) is 12.4. The van der Waals surface area contributed by atoms with Crippen molar-refractivity contribution in [3.8, 4) is 0 Å². The lowest BCUT2D eigenvalue weighted by atomic mass is 9.88. The van der Waals surface area contributed by atoms with Gasteiger partial charge >= 0.3 is 0 Å². The van der Waals surface area contributed by atoms with Crippen LogP contribution >= 0.6 is 0 Å². The molecule has 2 rings (SSSR count). The van der Waals surface area contributed by atoms with Gasteiger partial charge in [0.15, 0.2) is 0 Å². The molecule has 6 radical (unpaired) electrons. The molecule has 5 heteroatoms. The molecule has 0 spiro atoms. The Morgan fingerprint density at radius 3 is 1.09 bits per heavy atom. The van der Waals surface area contributed by atoms with Crippen LogP contribution in [0.15, 0.2) is 30.5 Å². The van der Waals surface area contributed by atoms with E-state index in [1.807, 2.05) is 12.3 Å². The van der Waals surface area contributed by atoms with Gasteiger partial charge in [-0.2, -0.15) is 0 Å². The molecule has 0 unspecified atom stereocenters. The van der Waals surface area contributed by atoms with E-state index < -0.39 is 0 Å². The normalized spacial score (nSPS) is 10.7. The van der Waals surface area contributed by atoms with Crippen LogP contribution in [-0.2, 0) is 21.7 Å². The zero-order valence-corrected chi connectivity index (χ0v) is 21.4. The third-order valence-electron chi connectivity index (χ3n) is 4.38. The molecule has 0 aliphatic carbocycles. The average Bonchev–Trinajstić information content (AvgIpc) is 2.52. The van der Waals surface area contributed by atoms with Crippen LogP contribution in [0.1, 0.15) is 136 Å². The fourth-order valence-electron chi connectivity index (χ4n) is 2.41. The summed E-state index contributed by atoms with van der Waals surface area (Å²) in [6.07, 6.45) is 1.86. The molecule has 194 valence electrons. The minimum Gasteiger partial charge on any atom is -0.257 e. The van der Waals surface area contributed by atoms with Crippen molar-refractivity contribution in [1.82, 2.24) is 15.0 Å². The van der Waals surface area contributed by atoms with Gasteiger partial charge in [-0.15, -0.1) is 0 Å². The lowest BCUT2D eigenvalue weighted by Crippen LogP contribution is -2.21. The summed E-state index contributed by atoms with van der Waals surface area (Å²) in [5.41, 5.74) is 3.86. The lowest BCUT2D eigenvalue weighted by Gasteiger charge is -2.23. The van der Waals surface area contributed by atoms with Crippen LogP contribution in [0.4, 0.5) is 0 Å². The smallest absolute Gasteiger partial charge is 0.133 e. The second kappa shape index (κ2) is 16.1. The van der Waals surface area contributed by atoms with Crippen molar-refractivity contribution in [1.29, 1.82) is 0 Å². The van der Waals surface area contributed by atoms with Crippen LogP contribution < -0.4 is 0 Å². The Labute approximate surface area is 219 Å². The van der Waals surface area contributed by atoms with Crippen LogP contribution in [0.5, 0.6) is 0 Å². The van der Waals surface area contributed by atoms with Crippen molar-refractivity contribution < 1.29 is 0 Å². The molecule has 2 heterocycles. The minimum absolute atomic E-state index is 0. The van der Waals surface area contributed by atoms with Crippen molar-refractivity contribution in [2.24, 2.45) is 0 Å². The molecule has 0 saturated heterocycles. The zero-order valence-electron chi connectivity index (χ0n) is 21.4. The number of rotatable bonds is 0. The molecule has 2 aromatic rings. The van der Waals surface area contributed by atoms with Gasteiger partial charge in [-0.05, 0) is 18.2 Å². The molecule has 0 aromatic carbocycles. The average molecular weight is 469 g/mol. The predicted octanol–water partition coefficient (Wildman–Crippen LogP) is 8.53. The van der Waals surface area contributed by atoms with E-state index in [9.17, 15) is 0 Å². The van der Waals surface area contributed by atoms with Crippen LogP contribution in [-0.4, -0.2) is 31.8 Å². The lowest BCUT2D eigenvalue weighted by molar-refractivity contribution is 0.513. The molecule has 0 fully saturated rings. The third-order valence-corrected chi connectivity index (χ3v) is 4.38. The Balaban J connectivity index is -0.0000000980. The maximum atomic E-state index is 4.72. The van der Waals surface area contributed by atoms with Gasteiger partial charge in [0.25, 0.3) is 0 Å². The minimum atomic E-state index is 0. The summed E-state index contributed by atoms with van der Waals surface area (Å²) in [5.74, 6) is 0.921. The Kier molecular flexibility index (Phi) is 21.7. The van der Waals surface area contributed by atoms with Crippen molar-refractivity contribution in [3.63, 3.8) is 0 Å². The van der Waals surface area contributed by atoms with E-state index in [4.69, 9.17) is 4.98 Å². The van der Waals surface area contributed by atoms with E-state index in [1.165, 1.54) is 11.4 Å². The van der Waals surface area contributed by atoms with E-state index in [0.29, 0.717) is 0 Å². The van der Waals surface area contributed by atoms with E-state index >= 15 is 0 Å². The maximum Gasteiger partial charge on any atom is 0.133 e. The van der Waals surface area contributed by atoms with E-state index in [-0.39, 0.29) is 68.2 Å². The molecule has 0 aliphatic heterocycles. The van der Waals surface area contributed by atoms with E-state index in [1.54, 1.807) is 0 Å². The molecular formula is C29H57B2N3. The second-order valence-electron chi connectivity index (χ2n) is 11.7. The molecule has 0 amide bonds. The zero-order chi connectivity index (χ0) is 22.0. The summed E-state index contributed by atoms with van der Waals surface area (Å²) < 4.78 is 0. The maximum absolute atomic E-state index is 4.72. The molecular weight excluding hydrogens is 412 g/mol. The number of nitrogens with zero attached hydrogens (tertiary/aromatic N) is 3. The fourth-order valence-corrected chi connectivity index (χ4v) is 2.41. The Morgan fingerprint density at radius 2 is 0.794 bits per heavy atom. The Hall–Kier alpha value is -1.64. The van der Waals surface area contributed by atoms with Crippen molar-refractivity contribution in [3.05, 3.63) is 53.4 Å².